The van der Waals surface area contributed by atoms with E-state index in [0.29, 0.717) is 12.0 Å². The minimum atomic E-state index is 0.382. The van der Waals surface area contributed by atoms with Gasteiger partial charge >= 0.3 is 0 Å². The van der Waals surface area contributed by atoms with Gasteiger partial charge in [-0.3, -0.25) is 0 Å². The predicted octanol–water partition coefficient (Wildman–Crippen LogP) is 2.83. The van der Waals surface area contributed by atoms with Crippen molar-refractivity contribution < 1.29 is 4.74 Å². The second-order valence-electron chi connectivity index (χ2n) is 4.28. The van der Waals surface area contributed by atoms with E-state index in [0.717, 1.165) is 19.7 Å². The van der Waals surface area contributed by atoms with Crippen molar-refractivity contribution in [2.75, 3.05) is 19.7 Å². The summed E-state index contributed by atoms with van der Waals surface area (Å²) >= 11 is 0. The van der Waals surface area contributed by atoms with Crippen molar-refractivity contribution >= 4 is 0 Å². The molecule has 0 heterocycles. The molecule has 0 amide bonds. The monoisotopic (exact) mass is 201 g/mol. The first kappa shape index (κ1) is 13.9. The van der Waals surface area contributed by atoms with Crippen molar-refractivity contribution in [3.63, 3.8) is 0 Å². The maximum Gasteiger partial charge on any atom is 0.0594 e. The summed E-state index contributed by atoms with van der Waals surface area (Å²) < 4.78 is 5.65. The van der Waals surface area contributed by atoms with Crippen LogP contribution in [-0.4, -0.2) is 25.8 Å². The van der Waals surface area contributed by atoms with Crippen LogP contribution in [0.1, 0.15) is 47.0 Å². The van der Waals surface area contributed by atoms with Gasteiger partial charge < -0.3 is 10.1 Å². The first-order valence-corrected chi connectivity index (χ1v) is 6.00. The van der Waals surface area contributed by atoms with Crippen LogP contribution < -0.4 is 5.32 Å². The third kappa shape index (κ3) is 8.52. The third-order valence-electron chi connectivity index (χ3n) is 2.56. The molecule has 2 nitrogen and oxygen atoms in total. The van der Waals surface area contributed by atoms with Gasteiger partial charge in [-0.2, -0.15) is 0 Å². The van der Waals surface area contributed by atoms with Crippen LogP contribution >= 0.6 is 0 Å². The molecule has 0 fully saturated rings. The van der Waals surface area contributed by atoms with Crippen LogP contribution in [0.2, 0.25) is 0 Å². The predicted molar refractivity (Wildman–Crippen MR) is 62.6 cm³/mol. The highest BCUT2D eigenvalue weighted by Gasteiger charge is 2.05. The largest absolute Gasteiger partial charge is 0.377 e. The molecule has 0 spiro atoms. The van der Waals surface area contributed by atoms with Gasteiger partial charge in [0.05, 0.1) is 12.7 Å². The summed E-state index contributed by atoms with van der Waals surface area (Å²) in [4.78, 5) is 0. The number of hydrogen-bond acceptors (Lipinski definition) is 2. The molecule has 0 aliphatic rings. The Bertz CT molecular complexity index is 115. The molecule has 1 N–H and O–H groups in total. The van der Waals surface area contributed by atoms with E-state index < -0.39 is 0 Å². The molecule has 1 atom stereocenters. The lowest BCUT2D eigenvalue weighted by molar-refractivity contribution is 0.0374. The second-order valence-corrected chi connectivity index (χ2v) is 4.28. The van der Waals surface area contributed by atoms with Crippen LogP contribution in [0.25, 0.3) is 0 Å². The Labute approximate surface area is 89.4 Å². The maximum atomic E-state index is 5.65. The Morgan fingerprint density at radius 1 is 1.07 bits per heavy atom. The number of hydrogen-bond donors (Lipinski definition) is 1. The van der Waals surface area contributed by atoms with Crippen molar-refractivity contribution in [1.29, 1.82) is 0 Å². The van der Waals surface area contributed by atoms with Crippen LogP contribution in [0.4, 0.5) is 0 Å². The molecule has 0 rings (SSSR count). The van der Waals surface area contributed by atoms with Crippen LogP contribution in [-0.2, 0) is 4.74 Å². The highest BCUT2D eigenvalue weighted by molar-refractivity contribution is 4.55. The van der Waals surface area contributed by atoms with E-state index in [4.69, 9.17) is 4.74 Å². The molecule has 0 aromatic heterocycles. The van der Waals surface area contributed by atoms with Gasteiger partial charge in [0.25, 0.3) is 0 Å². The molecular formula is C12H27NO. The summed E-state index contributed by atoms with van der Waals surface area (Å²) in [5, 5.41) is 3.39. The summed E-state index contributed by atoms with van der Waals surface area (Å²) in [7, 11) is 0. The lowest BCUT2D eigenvalue weighted by atomic mass is 10.1. The Hall–Kier alpha value is -0.0800. The standard InChI is InChI=1S/C12H27NO/c1-5-6-7-8-13-9-10-14-12(4)11(2)3/h11-13H,5-10H2,1-4H3. The lowest BCUT2D eigenvalue weighted by Crippen LogP contribution is -2.24. The topological polar surface area (TPSA) is 21.3 Å². The molecule has 1 unspecified atom stereocenters. The fraction of sp³-hybridized carbons (Fsp3) is 1.00. The second kappa shape index (κ2) is 9.47. The van der Waals surface area contributed by atoms with Crippen molar-refractivity contribution in [2.45, 2.75) is 53.1 Å². The van der Waals surface area contributed by atoms with Gasteiger partial charge in [0.2, 0.25) is 0 Å². The summed E-state index contributed by atoms with van der Waals surface area (Å²) in [5.74, 6) is 0.620. The number of ether oxygens (including phenoxy) is 1. The zero-order chi connectivity index (χ0) is 10.8. The van der Waals surface area contributed by atoms with Crippen molar-refractivity contribution in [3.05, 3.63) is 0 Å². The summed E-state index contributed by atoms with van der Waals surface area (Å²) in [5.41, 5.74) is 0. The number of unbranched alkanes of at least 4 members (excludes halogenated alkanes) is 2. The molecule has 14 heavy (non-hydrogen) atoms. The van der Waals surface area contributed by atoms with Crippen LogP contribution in [0.3, 0.4) is 0 Å². The van der Waals surface area contributed by atoms with E-state index in [1.54, 1.807) is 0 Å². The lowest BCUT2D eigenvalue weighted by Gasteiger charge is -2.16. The fourth-order valence-electron chi connectivity index (χ4n) is 1.13. The molecule has 0 aliphatic carbocycles. The van der Waals surface area contributed by atoms with Gasteiger partial charge in [-0.15, -0.1) is 0 Å². The first-order valence-electron chi connectivity index (χ1n) is 6.00. The van der Waals surface area contributed by atoms with Gasteiger partial charge in [0, 0.05) is 6.54 Å². The van der Waals surface area contributed by atoms with Gasteiger partial charge in [-0.1, -0.05) is 33.6 Å². The SMILES string of the molecule is CCCCCNCCOC(C)C(C)C. The molecule has 0 saturated heterocycles. The highest BCUT2D eigenvalue weighted by Crippen LogP contribution is 2.03. The van der Waals surface area contributed by atoms with Gasteiger partial charge in [-0.05, 0) is 25.8 Å². The Morgan fingerprint density at radius 2 is 1.79 bits per heavy atom. The molecule has 0 aliphatic heterocycles. The van der Waals surface area contributed by atoms with E-state index in [2.05, 4.69) is 33.0 Å². The summed E-state index contributed by atoms with van der Waals surface area (Å²) in [6.45, 7) is 11.7. The van der Waals surface area contributed by atoms with E-state index in [9.17, 15) is 0 Å². The normalized spacial score (nSPS) is 13.5. The van der Waals surface area contributed by atoms with Crippen molar-refractivity contribution in [2.24, 2.45) is 5.92 Å². The molecule has 0 aromatic rings. The van der Waals surface area contributed by atoms with E-state index in [1.807, 2.05) is 0 Å². The quantitative estimate of drug-likeness (QED) is 0.579. The molecule has 0 aromatic carbocycles. The molecule has 86 valence electrons. The number of rotatable bonds is 9. The zero-order valence-corrected chi connectivity index (χ0v) is 10.3. The zero-order valence-electron chi connectivity index (χ0n) is 10.3. The van der Waals surface area contributed by atoms with Gasteiger partial charge in [0.1, 0.15) is 0 Å². The Morgan fingerprint density at radius 3 is 2.36 bits per heavy atom. The average Bonchev–Trinajstić information content (AvgIpc) is 2.16. The molecule has 0 radical (unpaired) electrons. The number of nitrogens with one attached hydrogen (secondary N) is 1. The highest BCUT2D eigenvalue weighted by atomic mass is 16.5. The van der Waals surface area contributed by atoms with Gasteiger partial charge in [0.15, 0.2) is 0 Å². The van der Waals surface area contributed by atoms with Crippen molar-refractivity contribution in [1.82, 2.24) is 5.32 Å². The van der Waals surface area contributed by atoms with Crippen LogP contribution in [0, 0.1) is 5.92 Å². The first-order chi connectivity index (χ1) is 6.68. The molecule has 2 heteroatoms. The van der Waals surface area contributed by atoms with E-state index >= 15 is 0 Å². The van der Waals surface area contributed by atoms with E-state index in [1.165, 1.54) is 19.3 Å². The summed E-state index contributed by atoms with van der Waals surface area (Å²) in [6.07, 6.45) is 4.29. The Balaban J connectivity index is 3.06. The van der Waals surface area contributed by atoms with Crippen LogP contribution in [0.15, 0.2) is 0 Å². The third-order valence-corrected chi connectivity index (χ3v) is 2.56. The Kier molecular flexibility index (Phi) is 9.42. The van der Waals surface area contributed by atoms with Crippen molar-refractivity contribution in [3.8, 4) is 0 Å². The minimum absolute atomic E-state index is 0.382. The van der Waals surface area contributed by atoms with Gasteiger partial charge in [-0.25, -0.2) is 0 Å². The maximum absolute atomic E-state index is 5.65. The smallest absolute Gasteiger partial charge is 0.0594 e. The minimum Gasteiger partial charge on any atom is -0.377 e. The molecule has 0 saturated carbocycles. The van der Waals surface area contributed by atoms with Crippen LogP contribution in [0.5, 0.6) is 0 Å². The summed E-state index contributed by atoms with van der Waals surface area (Å²) in [6, 6.07) is 0. The van der Waals surface area contributed by atoms with E-state index in [-0.39, 0.29) is 0 Å². The molecule has 0 bridgehead atoms. The fourth-order valence-corrected chi connectivity index (χ4v) is 1.13. The average molecular weight is 201 g/mol. The molecular weight excluding hydrogens is 174 g/mol.